The number of hydrogen-bond donors (Lipinski definition) is 2. The van der Waals surface area contributed by atoms with Crippen LogP contribution >= 0.6 is 0 Å². The first-order valence-electron chi connectivity index (χ1n) is 10.7. The molecule has 0 spiro atoms. The number of hydrogen-bond acceptors (Lipinski definition) is 6. The van der Waals surface area contributed by atoms with Gasteiger partial charge in [0.15, 0.2) is 5.82 Å². The predicted octanol–water partition coefficient (Wildman–Crippen LogP) is 4.02. The standard InChI is InChI=1S/C25H24N4O3/c1-15-21(18-8-5-9-19(23(26)30)22(18)32-15)25-28-20-11-13-31-12-10-17(20)24(29-25)27-14-16-6-3-2-4-7-16/h2-9H,10-14H2,1H3,(H2,26,30)(H,27,28,29). The Bertz CT molecular complexity index is 1300. The largest absolute Gasteiger partial charge is 0.460 e. The van der Waals surface area contributed by atoms with Gasteiger partial charge in [-0.2, -0.15) is 0 Å². The minimum atomic E-state index is -0.527. The van der Waals surface area contributed by atoms with E-state index in [0.29, 0.717) is 48.9 Å². The molecule has 1 aliphatic rings. The lowest BCUT2D eigenvalue weighted by Crippen LogP contribution is -2.11. The second-order valence-corrected chi connectivity index (χ2v) is 7.85. The van der Waals surface area contributed by atoms with Crippen molar-refractivity contribution in [3.05, 3.63) is 76.7 Å². The van der Waals surface area contributed by atoms with E-state index in [2.05, 4.69) is 17.4 Å². The van der Waals surface area contributed by atoms with Gasteiger partial charge in [-0.3, -0.25) is 4.79 Å². The van der Waals surface area contributed by atoms with Gasteiger partial charge in [0.2, 0.25) is 0 Å². The Morgan fingerprint density at radius 2 is 1.88 bits per heavy atom. The van der Waals surface area contributed by atoms with Gasteiger partial charge >= 0.3 is 0 Å². The van der Waals surface area contributed by atoms with Crippen molar-refractivity contribution in [3.8, 4) is 11.4 Å². The van der Waals surface area contributed by atoms with Crippen molar-refractivity contribution in [1.29, 1.82) is 0 Å². The molecule has 4 aromatic rings. The van der Waals surface area contributed by atoms with Crippen molar-refractivity contribution in [2.45, 2.75) is 26.3 Å². The number of ether oxygens (including phenoxy) is 1. The first-order valence-corrected chi connectivity index (χ1v) is 10.7. The third kappa shape index (κ3) is 3.71. The molecule has 7 nitrogen and oxygen atoms in total. The van der Waals surface area contributed by atoms with Gasteiger partial charge in [-0.1, -0.05) is 42.5 Å². The lowest BCUT2D eigenvalue weighted by Gasteiger charge is -2.15. The fourth-order valence-corrected chi connectivity index (χ4v) is 4.19. The van der Waals surface area contributed by atoms with E-state index in [1.54, 1.807) is 12.1 Å². The van der Waals surface area contributed by atoms with Gasteiger partial charge in [-0.15, -0.1) is 0 Å². The summed E-state index contributed by atoms with van der Waals surface area (Å²) in [5.41, 5.74) is 10.4. The van der Waals surface area contributed by atoms with E-state index < -0.39 is 5.91 Å². The number of anilines is 1. The number of nitrogens with zero attached hydrogens (tertiary/aromatic N) is 2. The Labute approximate surface area is 185 Å². The third-order valence-corrected chi connectivity index (χ3v) is 5.76. The van der Waals surface area contributed by atoms with Gasteiger partial charge in [-0.05, 0) is 18.6 Å². The van der Waals surface area contributed by atoms with Crippen molar-refractivity contribution in [1.82, 2.24) is 9.97 Å². The molecule has 0 fully saturated rings. The quantitative estimate of drug-likeness (QED) is 0.498. The van der Waals surface area contributed by atoms with Crippen LogP contribution in [0.25, 0.3) is 22.4 Å². The predicted molar refractivity (Wildman–Crippen MR) is 122 cm³/mol. The van der Waals surface area contributed by atoms with E-state index in [1.165, 1.54) is 5.56 Å². The third-order valence-electron chi connectivity index (χ3n) is 5.76. The lowest BCUT2D eigenvalue weighted by atomic mass is 10.1. The van der Waals surface area contributed by atoms with Gasteiger partial charge in [-0.25, -0.2) is 9.97 Å². The highest BCUT2D eigenvalue weighted by molar-refractivity contribution is 6.07. The molecule has 0 saturated heterocycles. The number of para-hydroxylation sites is 1. The number of primary amides is 1. The maximum absolute atomic E-state index is 11.9. The summed E-state index contributed by atoms with van der Waals surface area (Å²) in [5.74, 6) is 1.49. The van der Waals surface area contributed by atoms with Crippen LogP contribution < -0.4 is 11.1 Å². The van der Waals surface area contributed by atoms with Gasteiger partial charge in [0.1, 0.15) is 17.2 Å². The van der Waals surface area contributed by atoms with Crippen molar-refractivity contribution >= 4 is 22.7 Å². The van der Waals surface area contributed by atoms with Gasteiger partial charge in [0.25, 0.3) is 5.91 Å². The molecule has 0 bridgehead atoms. The number of furan rings is 1. The first kappa shape index (κ1) is 20.2. The monoisotopic (exact) mass is 428 g/mol. The number of nitrogens with one attached hydrogen (secondary N) is 1. The normalized spacial score (nSPS) is 13.5. The summed E-state index contributed by atoms with van der Waals surface area (Å²) in [6, 6.07) is 15.6. The van der Waals surface area contributed by atoms with E-state index in [9.17, 15) is 4.79 Å². The van der Waals surface area contributed by atoms with Crippen molar-refractivity contribution < 1.29 is 13.9 Å². The number of carbonyl (C=O) groups excluding carboxylic acids is 1. The molecule has 7 heteroatoms. The maximum Gasteiger partial charge on any atom is 0.252 e. The zero-order valence-electron chi connectivity index (χ0n) is 17.9. The highest BCUT2D eigenvalue weighted by atomic mass is 16.5. The molecule has 1 aliphatic heterocycles. The second-order valence-electron chi connectivity index (χ2n) is 7.85. The van der Waals surface area contributed by atoms with Crippen molar-refractivity contribution in [2.24, 2.45) is 5.73 Å². The molecule has 0 radical (unpaired) electrons. The minimum Gasteiger partial charge on any atom is -0.460 e. The van der Waals surface area contributed by atoms with Gasteiger partial charge in [0, 0.05) is 30.3 Å². The highest BCUT2D eigenvalue weighted by Gasteiger charge is 2.23. The van der Waals surface area contributed by atoms with Crippen LogP contribution in [0.5, 0.6) is 0 Å². The molecule has 162 valence electrons. The second kappa shape index (κ2) is 8.43. The van der Waals surface area contributed by atoms with Crippen LogP contribution in [0.3, 0.4) is 0 Å². The number of rotatable bonds is 5. The molecule has 0 unspecified atom stereocenters. The number of amides is 1. The SMILES string of the molecule is Cc1oc2c(C(N)=O)cccc2c1-c1nc2c(c(NCc3ccccc3)n1)CCOCC2. The molecule has 3 N–H and O–H groups in total. The highest BCUT2D eigenvalue weighted by Crippen LogP contribution is 2.36. The van der Waals surface area contributed by atoms with Crippen LogP contribution in [-0.2, 0) is 24.1 Å². The number of carbonyl (C=O) groups is 1. The van der Waals surface area contributed by atoms with Crippen molar-refractivity contribution in [3.63, 3.8) is 0 Å². The molecular weight excluding hydrogens is 404 g/mol. The number of nitrogens with two attached hydrogens (primary N) is 1. The molecular formula is C25H24N4O3. The number of aromatic nitrogens is 2. The van der Waals surface area contributed by atoms with Crippen LogP contribution in [0.4, 0.5) is 5.82 Å². The zero-order valence-corrected chi connectivity index (χ0v) is 17.9. The topological polar surface area (TPSA) is 103 Å². The summed E-state index contributed by atoms with van der Waals surface area (Å²) >= 11 is 0. The maximum atomic E-state index is 11.9. The van der Waals surface area contributed by atoms with Crippen LogP contribution in [-0.4, -0.2) is 29.1 Å². The number of benzene rings is 2. The molecule has 0 saturated carbocycles. The zero-order chi connectivity index (χ0) is 22.1. The molecule has 1 amide bonds. The van der Waals surface area contributed by atoms with Crippen LogP contribution in [0.1, 0.15) is 32.9 Å². The molecule has 3 heterocycles. The molecule has 5 rings (SSSR count). The summed E-state index contributed by atoms with van der Waals surface area (Å²) in [5, 5.41) is 4.28. The van der Waals surface area contributed by atoms with Gasteiger partial charge in [0.05, 0.1) is 30.0 Å². The molecule has 2 aromatic carbocycles. The van der Waals surface area contributed by atoms with Crippen LogP contribution in [0, 0.1) is 6.92 Å². The van der Waals surface area contributed by atoms with E-state index in [-0.39, 0.29) is 0 Å². The van der Waals surface area contributed by atoms with Crippen molar-refractivity contribution in [2.75, 3.05) is 18.5 Å². The van der Waals surface area contributed by atoms with Crippen LogP contribution in [0.15, 0.2) is 52.9 Å². The number of aryl methyl sites for hydroxylation is 1. The number of fused-ring (bicyclic) bond motifs is 2. The van der Waals surface area contributed by atoms with Gasteiger partial charge < -0.3 is 20.2 Å². The summed E-state index contributed by atoms with van der Waals surface area (Å²) in [4.78, 5) is 21.7. The lowest BCUT2D eigenvalue weighted by molar-refractivity contribution is 0.100. The van der Waals surface area contributed by atoms with E-state index in [4.69, 9.17) is 24.9 Å². The smallest absolute Gasteiger partial charge is 0.252 e. The van der Waals surface area contributed by atoms with E-state index >= 15 is 0 Å². The Morgan fingerprint density at radius 3 is 2.69 bits per heavy atom. The minimum absolute atomic E-state index is 0.349. The Kier molecular flexibility index (Phi) is 5.33. The molecule has 32 heavy (non-hydrogen) atoms. The average Bonchev–Trinajstić information content (AvgIpc) is 2.96. The molecule has 0 aliphatic carbocycles. The van der Waals surface area contributed by atoms with E-state index in [1.807, 2.05) is 31.2 Å². The Morgan fingerprint density at radius 1 is 1.06 bits per heavy atom. The summed E-state index contributed by atoms with van der Waals surface area (Å²) in [7, 11) is 0. The molecule has 0 atom stereocenters. The summed E-state index contributed by atoms with van der Waals surface area (Å²) in [6.07, 6.45) is 1.47. The fraction of sp³-hybridized carbons (Fsp3) is 0.240. The molecule has 2 aromatic heterocycles. The Balaban J connectivity index is 1.63. The summed E-state index contributed by atoms with van der Waals surface area (Å²) in [6.45, 7) is 3.78. The average molecular weight is 428 g/mol. The Hall–Kier alpha value is -3.71. The first-order chi connectivity index (χ1) is 15.6. The summed E-state index contributed by atoms with van der Waals surface area (Å²) < 4.78 is 11.7. The fourth-order valence-electron chi connectivity index (χ4n) is 4.19. The van der Waals surface area contributed by atoms with Crippen LogP contribution in [0.2, 0.25) is 0 Å². The van der Waals surface area contributed by atoms with E-state index in [0.717, 1.165) is 34.4 Å².